The lowest BCUT2D eigenvalue weighted by Gasteiger charge is -2.20. The normalized spacial score (nSPS) is 11.5. The molecule has 4 rings (SSSR count). The second-order valence-corrected chi connectivity index (χ2v) is 8.58. The van der Waals surface area contributed by atoms with Crippen LogP contribution >= 0.6 is 0 Å². The van der Waals surface area contributed by atoms with Crippen molar-refractivity contribution in [1.29, 1.82) is 0 Å². The summed E-state index contributed by atoms with van der Waals surface area (Å²) in [4.78, 5) is 18.6. The minimum absolute atomic E-state index is 0.00557. The van der Waals surface area contributed by atoms with Gasteiger partial charge >= 0.3 is 0 Å². The van der Waals surface area contributed by atoms with Crippen LogP contribution in [0.15, 0.2) is 84.9 Å². The van der Waals surface area contributed by atoms with Crippen molar-refractivity contribution in [1.82, 2.24) is 9.55 Å². The van der Waals surface area contributed by atoms with E-state index in [-0.39, 0.29) is 11.2 Å². The Labute approximate surface area is 178 Å². The molecule has 30 heavy (non-hydrogen) atoms. The van der Waals surface area contributed by atoms with Gasteiger partial charge in [-0.1, -0.05) is 87.5 Å². The average molecular weight is 395 g/mol. The van der Waals surface area contributed by atoms with Crippen LogP contribution in [0.4, 0.5) is 0 Å². The monoisotopic (exact) mass is 394 g/mol. The van der Waals surface area contributed by atoms with Crippen LogP contribution in [-0.4, -0.2) is 15.3 Å². The Hall–Kier alpha value is -3.46. The van der Waals surface area contributed by atoms with Crippen LogP contribution in [-0.2, 0) is 5.41 Å². The molecule has 0 fully saturated rings. The molecule has 2 aromatic heterocycles. The van der Waals surface area contributed by atoms with Crippen molar-refractivity contribution in [3.63, 3.8) is 0 Å². The number of carbonyl (C=O) groups excluding carboxylic acids is 1. The third-order valence-corrected chi connectivity index (χ3v) is 5.23. The van der Waals surface area contributed by atoms with Gasteiger partial charge in [-0.2, -0.15) is 0 Å². The zero-order valence-electron chi connectivity index (χ0n) is 17.9. The maximum atomic E-state index is 13.8. The molecule has 0 aliphatic rings. The van der Waals surface area contributed by atoms with Crippen molar-refractivity contribution in [2.24, 2.45) is 0 Å². The molecule has 0 saturated heterocycles. The topological polar surface area (TPSA) is 34.9 Å². The number of benzene rings is 2. The van der Waals surface area contributed by atoms with Gasteiger partial charge in [0.25, 0.3) is 0 Å². The number of hydrogen-bond acceptors (Lipinski definition) is 2. The van der Waals surface area contributed by atoms with E-state index >= 15 is 0 Å². The molecule has 3 nitrogen and oxygen atoms in total. The number of carbonyl (C=O) groups is 1. The quantitative estimate of drug-likeness (QED) is 0.377. The molecule has 0 radical (unpaired) electrons. The summed E-state index contributed by atoms with van der Waals surface area (Å²) < 4.78 is 2.03. The lowest BCUT2D eigenvalue weighted by molar-refractivity contribution is 0.103. The highest BCUT2D eigenvalue weighted by molar-refractivity contribution is 6.10. The number of pyridine rings is 1. The van der Waals surface area contributed by atoms with Crippen LogP contribution < -0.4 is 0 Å². The van der Waals surface area contributed by atoms with Crippen molar-refractivity contribution in [3.05, 3.63) is 107 Å². The van der Waals surface area contributed by atoms with Crippen molar-refractivity contribution >= 4 is 5.78 Å². The highest BCUT2D eigenvalue weighted by Crippen LogP contribution is 2.36. The predicted molar refractivity (Wildman–Crippen MR) is 122 cm³/mol. The lowest BCUT2D eigenvalue weighted by Crippen LogP contribution is -2.19. The van der Waals surface area contributed by atoms with Crippen LogP contribution in [0.2, 0.25) is 0 Å². The molecule has 0 amide bonds. The highest BCUT2D eigenvalue weighted by Gasteiger charge is 2.30. The van der Waals surface area contributed by atoms with E-state index in [9.17, 15) is 4.79 Å². The van der Waals surface area contributed by atoms with Gasteiger partial charge in [0.15, 0.2) is 0 Å². The zero-order valence-corrected chi connectivity index (χ0v) is 17.9. The molecule has 2 aromatic carbocycles. The third-order valence-electron chi connectivity index (χ3n) is 5.23. The number of ketones is 1. The van der Waals surface area contributed by atoms with E-state index < -0.39 is 0 Å². The maximum absolute atomic E-state index is 13.8. The van der Waals surface area contributed by atoms with E-state index in [2.05, 4.69) is 39.0 Å². The zero-order chi connectivity index (χ0) is 21.3. The van der Waals surface area contributed by atoms with Crippen LogP contribution in [0, 0.1) is 6.92 Å². The summed E-state index contributed by atoms with van der Waals surface area (Å²) in [5.74, 6) is 0.759. The Bertz CT molecular complexity index is 1180. The minimum atomic E-state index is -0.210. The van der Waals surface area contributed by atoms with Crippen molar-refractivity contribution in [2.45, 2.75) is 33.1 Å². The van der Waals surface area contributed by atoms with Gasteiger partial charge in [-0.15, -0.1) is 0 Å². The second-order valence-electron chi connectivity index (χ2n) is 8.58. The van der Waals surface area contributed by atoms with Gasteiger partial charge in [-0.25, -0.2) is 4.98 Å². The van der Waals surface area contributed by atoms with Gasteiger partial charge in [0.1, 0.15) is 5.82 Å². The molecule has 0 aliphatic carbocycles. The molecule has 0 N–H and O–H groups in total. The Balaban J connectivity index is 2.08. The standard InChI is InChI=1S/C27H26N2O/c1-19-12-11-17-24(28-19)29-23(20-13-7-5-8-14-20)18-22(27(2,3)4)25(29)26(30)21-15-9-6-10-16-21/h5-18H,1-4H3. The fourth-order valence-electron chi connectivity index (χ4n) is 3.74. The van der Waals surface area contributed by atoms with Crippen molar-refractivity contribution in [3.8, 4) is 17.1 Å². The van der Waals surface area contributed by atoms with Gasteiger partial charge in [0.05, 0.1) is 11.4 Å². The van der Waals surface area contributed by atoms with E-state index in [4.69, 9.17) is 4.98 Å². The lowest BCUT2D eigenvalue weighted by atomic mass is 9.85. The molecule has 0 spiro atoms. The van der Waals surface area contributed by atoms with Gasteiger partial charge in [-0.05, 0) is 41.7 Å². The molecule has 0 aliphatic heterocycles. The highest BCUT2D eigenvalue weighted by atomic mass is 16.1. The van der Waals surface area contributed by atoms with Crippen LogP contribution in [0.5, 0.6) is 0 Å². The average Bonchev–Trinajstić information content (AvgIpc) is 3.16. The minimum Gasteiger partial charge on any atom is -0.290 e. The smallest absolute Gasteiger partial charge is 0.210 e. The summed E-state index contributed by atoms with van der Waals surface area (Å²) in [5.41, 5.74) is 5.09. The Morgan fingerprint density at radius 3 is 2.07 bits per heavy atom. The van der Waals surface area contributed by atoms with Gasteiger partial charge < -0.3 is 0 Å². The van der Waals surface area contributed by atoms with E-state index in [1.807, 2.05) is 78.2 Å². The molecule has 0 atom stereocenters. The molecule has 0 unspecified atom stereocenters. The maximum Gasteiger partial charge on any atom is 0.210 e. The van der Waals surface area contributed by atoms with Gasteiger partial charge in [0.2, 0.25) is 5.78 Å². The SMILES string of the molecule is Cc1cccc(-n2c(-c3ccccc3)cc(C(C)(C)C)c2C(=O)c2ccccc2)n1. The van der Waals surface area contributed by atoms with Crippen molar-refractivity contribution < 1.29 is 4.79 Å². The first kappa shape index (κ1) is 19.8. The third kappa shape index (κ3) is 3.71. The summed E-state index contributed by atoms with van der Waals surface area (Å²) in [6.07, 6.45) is 0. The summed E-state index contributed by atoms with van der Waals surface area (Å²) >= 11 is 0. The number of aromatic nitrogens is 2. The first-order valence-corrected chi connectivity index (χ1v) is 10.2. The molecule has 4 aromatic rings. The van der Waals surface area contributed by atoms with Crippen LogP contribution in [0.1, 0.15) is 48.1 Å². The summed E-state index contributed by atoms with van der Waals surface area (Å²) in [5, 5.41) is 0. The first-order valence-electron chi connectivity index (χ1n) is 10.2. The molecule has 0 bridgehead atoms. The van der Waals surface area contributed by atoms with E-state index in [1.165, 1.54) is 0 Å². The van der Waals surface area contributed by atoms with Crippen LogP contribution in [0.25, 0.3) is 17.1 Å². The molecular formula is C27H26N2O. The summed E-state index contributed by atoms with van der Waals surface area (Å²) in [7, 11) is 0. The summed E-state index contributed by atoms with van der Waals surface area (Å²) in [6, 6.07) is 27.7. The fourth-order valence-corrected chi connectivity index (χ4v) is 3.74. The molecular weight excluding hydrogens is 368 g/mol. The predicted octanol–water partition coefficient (Wildman–Crippen LogP) is 6.38. The van der Waals surface area contributed by atoms with E-state index in [0.29, 0.717) is 11.3 Å². The Morgan fingerprint density at radius 2 is 1.47 bits per heavy atom. The molecule has 150 valence electrons. The number of aryl methyl sites for hydroxylation is 1. The Morgan fingerprint density at radius 1 is 0.833 bits per heavy atom. The largest absolute Gasteiger partial charge is 0.290 e. The van der Waals surface area contributed by atoms with E-state index in [0.717, 1.165) is 28.3 Å². The number of hydrogen-bond donors (Lipinski definition) is 0. The molecule has 0 saturated carbocycles. The number of nitrogens with zero attached hydrogens (tertiary/aromatic N) is 2. The van der Waals surface area contributed by atoms with Crippen molar-refractivity contribution in [2.75, 3.05) is 0 Å². The Kier molecular flexibility index (Phi) is 5.13. The fraction of sp³-hybridized carbons (Fsp3) is 0.185. The first-order chi connectivity index (χ1) is 14.4. The van der Waals surface area contributed by atoms with Crippen LogP contribution in [0.3, 0.4) is 0 Å². The van der Waals surface area contributed by atoms with Gasteiger partial charge in [0, 0.05) is 11.3 Å². The second kappa shape index (κ2) is 7.75. The summed E-state index contributed by atoms with van der Waals surface area (Å²) in [6.45, 7) is 8.41. The van der Waals surface area contributed by atoms with E-state index in [1.54, 1.807) is 0 Å². The molecule has 3 heteroatoms. The van der Waals surface area contributed by atoms with Gasteiger partial charge in [-0.3, -0.25) is 9.36 Å². The molecule has 2 heterocycles. The number of rotatable bonds is 4.